The van der Waals surface area contributed by atoms with Gasteiger partial charge in [-0.2, -0.15) is 0 Å². The number of halogens is 1. The minimum atomic E-state index is -0.727. The molecule has 1 aromatic carbocycles. The van der Waals surface area contributed by atoms with Gasteiger partial charge in [-0.05, 0) is 18.9 Å². The molecule has 0 spiro atoms. The van der Waals surface area contributed by atoms with Crippen molar-refractivity contribution in [3.63, 3.8) is 0 Å². The summed E-state index contributed by atoms with van der Waals surface area (Å²) in [6, 6.07) is 2.34. The molecule has 0 bridgehead atoms. The van der Waals surface area contributed by atoms with Crippen LogP contribution < -0.4 is 11.1 Å². The van der Waals surface area contributed by atoms with Crippen LogP contribution in [0.4, 0.5) is 4.39 Å². The molecule has 3 aromatic rings. The van der Waals surface area contributed by atoms with Crippen LogP contribution in [0.1, 0.15) is 28.8 Å². The molecule has 2 amide bonds. The third-order valence-corrected chi connectivity index (χ3v) is 4.04. The highest BCUT2D eigenvalue weighted by Crippen LogP contribution is 2.29. The maximum absolute atomic E-state index is 13.6. The number of carbonyl (C=O) groups is 2. The van der Waals surface area contributed by atoms with Gasteiger partial charge in [0.1, 0.15) is 11.3 Å². The van der Waals surface area contributed by atoms with Crippen LogP contribution >= 0.6 is 0 Å². The summed E-state index contributed by atoms with van der Waals surface area (Å²) in [5.74, 6) is -1.14. The van der Waals surface area contributed by atoms with Crippen LogP contribution in [0, 0.1) is 11.7 Å². The van der Waals surface area contributed by atoms with E-state index in [9.17, 15) is 14.0 Å². The molecule has 0 saturated heterocycles. The summed E-state index contributed by atoms with van der Waals surface area (Å²) in [7, 11) is 0. The van der Waals surface area contributed by atoms with E-state index in [2.05, 4.69) is 15.4 Å². The van der Waals surface area contributed by atoms with Gasteiger partial charge in [-0.3, -0.25) is 14.7 Å². The van der Waals surface area contributed by atoms with Gasteiger partial charge in [0.05, 0.1) is 11.1 Å². The van der Waals surface area contributed by atoms with Gasteiger partial charge in [0.2, 0.25) is 5.91 Å². The Hall–Kier alpha value is -2.90. The third-order valence-electron chi connectivity index (χ3n) is 4.04. The fourth-order valence-corrected chi connectivity index (χ4v) is 2.71. The first kappa shape index (κ1) is 13.7. The maximum atomic E-state index is 13.6. The lowest BCUT2D eigenvalue weighted by atomic mass is 10.1. The van der Waals surface area contributed by atoms with Crippen molar-refractivity contribution in [2.45, 2.75) is 19.4 Å². The Balaban J connectivity index is 1.78. The van der Waals surface area contributed by atoms with Crippen molar-refractivity contribution >= 4 is 28.5 Å². The molecule has 1 aliphatic carbocycles. The van der Waals surface area contributed by atoms with Crippen molar-refractivity contribution < 1.29 is 14.0 Å². The SMILES string of the molecule is NC(=O)c1cc(F)cc2nc3c(CNC(=O)C4CC4)c[nH]n3c12. The van der Waals surface area contributed by atoms with Gasteiger partial charge in [0, 0.05) is 30.3 Å². The zero-order valence-electron chi connectivity index (χ0n) is 12.1. The van der Waals surface area contributed by atoms with Crippen molar-refractivity contribution in [3.05, 3.63) is 35.3 Å². The predicted octanol–water partition coefficient (Wildman–Crippen LogP) is 1.08. The number of primary amides is 1. The minimum absolute atomic E-state index is 0.0318. The Labute approximate surface area is 129 Å². The number of benzene rings is 1. The largest absolute Gasteiger partial charge is 0.366 e. The number of hydrogen-bond acceptors (Lipinski definition) is 3. The molecule has 4 N–H and O–H groups in total. The predicted molar refractivity (Wildman–Crippen MR) is 80.1 cm³/mol. The van der Waals surface area contributed by atoms with Crippen molar-refractivity contribution in [2.75, 3.05) is 0 Å². The van der Waals surface area contributed by atoms with Crippen LogP contribution in [0.2, 0.25) is 0 Å². The number of nitrogens with zero attached hydrogens (tertiary/aromatic N) is 2. The number of aromatic nitrogens is 3. The number of rotatable bonds is 4. The second kappa shape index (κ2) is 4.80. The molecule has 2 aromatic heterocycles. The smallest absolute Gasteiger partial charge is 0.251 e. The molecule has 1 aliphatic rings. The zero-order valence-corrected chi connectivity index (χ0v) is 12.1. The second-order valence-electron chi connectivity index (χ2n) is 5.75. The van der Waals surface area contributed by atoms with E-state index in [4.69, 9.17) is 5.73 Å². The molecule has 1 saturated carbocycles. The van der Waals surface area contributed by atoms with E-state index in [0.29, 0.717) is 23.2 Å². The number of nitrogens with one attached hydrogen (secondary N) is 2. The molecule has 0 atom stereocenters. The van der Waals surface area contributed by atoms with Crippen molar-refractivity contribution in [2.24, 2.45) is 11.7 Å². The van der Waals surface area contributed by atoms with Crippen LogP contribution in [0.3, 0.4) is 0 Å². The molecule has 2 heterocycles. The first-order valence-corrected chi connectivity index (χ1v) is 7.30. The summed E-state index contributed by atoms with van der Waals surface area (Å²) >= 11 is 0. The zero-order chi connectivity index (χ0) is 16.1. The standard InChI is InChI=1S/C15H14FN5O2/c16-9-3-10(13(17)22)12-11(4-9)20-14-8(6-19-21(12)14)5-18-15(23)7-1-2-7/h3-4,6-7,19H,1-2,5H2,(H2,17,22)(H,18,23). The van der Waals surface area contributed by atoms with Gasteiger partial charge in [-0.1, -0.05) is 0 Å². The number of H-pyrrole nitrogens is 1. The van der Waals surface area contributed by atoms with Gasteiger partial charge in [0.15, 0.2) is 5.65 Å². The molecule has 8 heteroatoms. The van der Waals surface area contributed by atoms with Crippen LogP contribution in [0.25, 0.3) is 16.7 Å². The number of hydrogen-bond donors (Lipinski definition) is 3. The normalized spacial score (nSPS) is 14.5. The van der Waals surface area contributed by atoms with E-state index >= 15 is 0 Å². The molecule has 1 fully saturated rings. The third kappa shape index (κ3) is 2.23. The molecule has 0 aliphatic heterocycles. The topological polar surface area (TPSA) is 105 Å². The Morgan fingerprint density at radius 2 is 2.22 bits per heavy atom. The van der Waals surface area contributed by atoms with Gasteiger partial charge in [-0.15, -0.1) is 0 Å². The van der Waals surface area contributed by atoms with Crippen molar-refractivity contribution in [1.82, 2.24) is 19.9 Å². The summed E-state index contributed by atoms with van der Waals surface area (Å²) in [6.45, 7) is 0.319. The van der Waals surface area contributed by atoms with Crippen LogP contribution in [-0.4, -0.2) is 26.4 Å². The summed E-state index contributed by atoms with van der Waals surface area (Å²) in [6.07, 6.45) is 3.56. The monoisotopic (exact) mass is 315 g/mol. The quantitative estimate of drug-likeness (QED) is 0.671. The molecule has 23 heavy (non-hydrogen) atoms. The highest BCUT2D eigenvalue weighted by atomic mass is 19.1. The Kier molecular flexibility index (Phi) is 2.87. The molecular formula is C15H14FN5O2. The summed E-state index contributed by atoms with van der Waals surface area (Å²) < 4.78 is 15.2. The first-order valence-electron chi connectivity index (χ1n) is 7.30. The van der Waals surface area contributed by atoms with Crippen LogP contribution in [0.5, 0.6) is 0 Å². The highest BCUT2D eigenvalue weighted by molar-refractivity contribution is 6.05. The molecule has 118 valence electrons. The van der Waals surface area contributed by atoms with Crippen molar-refractivity contribution in [1.29, 1.82) is 0 Å². The average Bonchev–Trinajstić information content (AvgIpc) is 3.19. The fraction of sp³-hybridized carbons (Fsp3) is 0.267. The summed E-state index contributed by atoms with van der Waals surface area (Å²) in [5, 5.41) is 5.82. The molecule has 0 unspecified atom stereocenters. The lowest BCUT2D eigenvalue weighted by molar-refractivity contribution is -0.122. The van der Waals surface area contributed by atoms with E-state index < -0.39 is 11.7 Å². The fourth-order valence-electron chi connectivity index (χ4n) is 2.71. The van der Waals surface area contributed by atoms with Crippen LogP contribution in [0.15, 0.2) is 18.3 Å². The Morgan fingerprint density at radius 3 is 2.91 bits per heavy atom. The Bertz CT molecular complexity index is 954. The molecular weight excluding hydrogens is 301 g/mol. The van der Waals surface area contributed by atoms with Gasteiger partial charge in [-0.25, -0.2) is 13.9 Å². The van der Waals surface area contributed by atoms with E-state index in [1.54, 1.807) is 10.7 Å². The second-order valence-corrected chi connectivity index (χ2v) is 5.75. The average molecular weight is 315 g/mol. The minimum Gasteiger partial charge on any atom is -0.366 e. The number of amides is 2. The number of imidazole rings is 1. The first-order chi connectivity index (χ1) is 11.0. The van der Waals surface area contributed by atoms with E-state index in [1.807, 2.05) is 0 Å². The summed E-state index contributed by atoms with van der Waals surface area (Å²) in [5.41, 5.74) is 7.43. The number of aromatic amines is 1. The van der Waals surface area contributed by atoms with E-state index in [-0.39, 0.29) is 17.4 Å². The van der Waals surface area contributed by atoms with Gasteiger partial charge < -0.3 is 11.1 Å². The van der Waals surface area contributed by atoms with Gasteiger partial charge in [0.25, 0.3) is 5.91 Å². The molecule has 7 nitrogen and oxygen atoms in total. The van der Waals surface area contributed by atoms with Crippen molar-refractivity contribution in [3.8, 4) is 0 Å². The van der Waals surface area contributed by atoms with Gasteiger partial charge >= 0.3 is 0 Å². The summed E-state index contributed by atoms with van der Waals surface area (Å²) in [4.78, 5) is 27.6. The lowest BCUT2D eigenvalue weighted by Crippen LogP contribution is -2.24. The van der Waals surface area contributed by atoms with E-state index in [0.717, 1.165) is 24.5 Å². The molecule has 4 rings (SSSR count). The number of carbonyl (C=O) groups excluding carboxylic acids is 2. The highest BCUT2D eigenvalue weighted by Gasteiger charge is 2.29. The number of fused-ring (bicyclic) bond motifs is 3. The van der Waals surface area contributed by atoms with E-state index in [1.165, 1.54) is 6.07 Å². The number of nitrogens with two attached hydrogens (primary N) is 1. The molecule has 0 radical (unpaired) electrons. The van der Waals surface area contributed by atoms with Crippen LogP contribution in [-0.2, 0) is 11.3 Å². The Morgan fingerprint density at radius 1 is 1.43 bits per heavy atom. The maximum Gasteiger partial charge on any atom is 0.251 e. The lowest BCUT2D eigenvalue weighted by Gasteiger charge is -2.00.